The number of nitrogens with one attached hydrogen (secondary N) is 2. The number of hydrogen-bond acceptors (Lipinski definition) is 3. The number of carbonyl (C=O) groups is 1. The zero-order chi connectivity index (χ0) is 15.1. The van der Waals surface area contributed by atoms with Crippen molar-refractivity contribution in [2.75, 3.05) is 11.9 Å². The predicted octanol–water partition coefficient (Wildman–Crippen LogP) is 3.04. The lowest BCUT2D eigenvalue weighted by atomic mass is 10.2. The molecule has 0 atom stereocenters. The van der Waals surface area contributed by atoms with Gasteiger partial charge in [0.05, 0.1) is 23.5 Å². The van der Waals surface area contributed by atoms with Crippen LogP contribution in [-0.4, -0.2) is 18.7 Å². The van der Waals surface area contributed by atoms with Gasteiger partial charge in [-0.05, 0) is 17.7 Å². The molecule has 2 aromatic carbocycles. The van der Waals surface area contributed by atoms with E-state index in [1.54, 1.807) is 6.07 Å². The summed E-state index contributed by atoms with van der Waals surface area (Å²) in [6.07, 6.45) is 1.53. The summed E-state index contributed by atoms with van der Waals surface area (Å²) in [6.45, 7) is -0.0602. The topological polar surface area (TPSA) is 53.5 Å². The first-order valence-electron chi connectivity index (χ1n) is 6.21. The van der Waals surface area contributed by atoms with Crippen molar-refractivity contribution in [1.29, 1.82) is 0 Å². The molecule has 6 heteroatoms. The molecule has 0 spiro atoms. The van der Waals surface area contributed by atoms with Crippen LogP contribution in [-0.2, 0) is 4.79 Å². The number of halogens is 2. The zero-order valence-electron chi connectivity index (χ0n) is 11.0. The third-order valence-corrected chi connectivity index (χ3v) is 2.98. The highest BCUT2D eigenvalue weighted by Gasteiger charge is 2.06. The van der Waals surface area contributed by atoms with E-state index in [9.17, 15) is 9.18 Å². The Bertz CT molecular complexity index is 647. The number of anilines is 1. The Kier molecular flexibility index (Phi) is 5.29. The van der Waals surface area contributed by atoms with E-state index in [2.05, 4.69) is 15.8 Å². The second-order valence-corrected chi connectivity index (χ2v) is 4.54. The molecular formula is C15H13ClFN3O. The lowest BCUT2D eigenvalue weighted by Gasteiger charge is -2.07. The number of carbonyl (C=O) groups excluding carboxylic acids is 1. The first-order chi connectivity index (χ1) is 10.2. The predicted molar refractivity (Wildman–Crippen MR) is 82.1 cm³/mol. The molecule has 0 unspecified atom stereocenters. The van der Waals surface area contributed by atoms with Crippen LogP contribution in [0.15, 0.2) is 53.6 Å². The molecule has 2 aromatic rings. The van der Waals surface area contributed by atoms with Gasteiger partial charge in [-0.1, -0.05) is 48.0 Å². The van der Waals surface area contributed by atoms with E-state index in [1.807, 2.05) is 30.3 Å². The molecule has 108 valence electrons. The van der Waals surface area contributed by atoms with Gasteiger partial charge in [0.2, 0.25) is 0 Å². The fraction of sp³-hybridized carbons (Fsp3) is 0.0667. The number of hydrogen-bond donors (Lipinski definition) is 2. The molecular weight excluding hydrogens is 293 g/mol. The second kappa shape index (κ2) is 7.40. The van der Waals surface area contributed by atoms with Crippen molar-refractivity contribution in [3.8, 4) is 0 Å². The first-order valence-corrected chi connectivity index (χ1v) is 6.59. The van der Waals surface area contributed by atoms with Gasteiger partial charge in [0.15, 0.2) is 0 Å². The number of benzene rings is 2. The van der Waals surface area contributed by atoms with E-state index in [-0.39, 0.29) is 17.5 Å². The van der Waals surface area contributed by atoms with Crippen LogP contribution in [0.5, 0.6) is 0 Å². The second-order valence-electron chi connectivity index (χ2n) is 4.16. The van der Waals surface area contributed by atoms with Gasteiger partial charge in [-0.2, -0.15) is 5.10 Å². The van der Waals surface area contributed by atoms with Gasteiger partial charge in [-0.25, -0.2) is 9.82 Å². The fourth-order valence-corrected chi connectivity index (χ4v) is 1.77. The Labute approximate surface area is 126 Å². The molecule has 0 aliphatic heterocycles. The summed E-state index contributed by atoms with van der Waals surface area (Å²) in [4.78, 5) is 11.6. The van der Waals surface area contributed by atoms with Gasteiger partial charge in [0, 0.05) is 0 Å². The van der Waals surface area contributed by atoms with Gasteiger partial charge in [-0.3, -0.25) is 4.79 Å². The van der Waals surface area contributed by atoms with Crippen LogP contribution in [0.4, 0.5) is 10.1 Å². The van der Waals surface area contributed by atoms with Crippen LogP contribution >= 0.6 is 11.6 Å². The van der Waals surface area contributed by atoms with Crippen LogP contribution < -0.4 is 10.7 Å². The Balaban J connectivity index is 1.83. The zero-order valence-corrected chi connectivity index (χ0v) is 11.8. The van der Waals surface area contributed by atoms with Crippen LogP contribution in [0.2, 0.25) is 5.02 Å². The maximum Gasteiger partial charge on any atom is 0.259 e. The van der Waals surface area contributed by atoms with Gasteiger partial charge in [0.25, 0.3) is 5.91 Å². The molecule has 2 rings (SSSR count). The van der Waals surface area contributed by atoms with Crippen molar-refractivity contribution < 1.29 is 9.18 Å². The Hall–Kier alpha value is -2.40. The molecule has 0 fully saturated rings. The van der Waals surface area contributed by atoms with Crippen LogP contribution in [0.1, 0.15) is 5.56 Å². The Morgan fingerprint density at radius 2 is 1.95 bits per heavy atom. The summed E-state index contributed by atoms with van der Waals surface area (Å²) in [5.41, 5.74) is 3.60. The molecule has 0 bridgehead atoms. The van der Waals surface area contributed by atoms with Crippen LogP contribution in [0.25, 0.3) is 0 Å². The SMILES string of the molecule is O=C(CNc1cccc(F)c1Cl)N/N=C/c1ccccc1. The van der Waals surface area contributed by atoms with E-state index in [0.29, 0.717) is 5.69 Å². The molecule has 21 heavy (non-hydrogen) atoms. The lowest BCUT2D eigenvalue weighted by Crippen LogP contribution is -2.26. The van der Waals surface area contributed by atoms with Crippen molar-refractivity contribution in [2.24, 2.45) is 5.10 Å². The molecule has 4 nitrogen and oxygen atoms in total. The molecule has 0 saturated carbocycles. The summed E-state index contributed by atoms with van der Waals surface area (Å²) in [5.74, 6) is -0.897. The molecule has 2 N–H and O–H groups in total. The van der Waals surface area contributed by atoms with Crippen molar-refractivity contribution in [3.63, 3.8) is 0 Å². The van der Waals surface area contributed by atoms with Gasteiger partial charge in [0.1, 0.15) is 5.82 Å². The molecule has 0 aliphatic rings. The average molecular weight is 306 g/mol. The van der Waals surface area contributed by atoms with Gasteiger partial charge >= 0.3 is 0 Å². The summed E-state index contributed by atoms with van der Waals surface area (Å²) < 4.78 is 13.2. The minimum absolute atomic E-state index is 0.0434. The van der Waals surface area contributed by atoms with Gasteiger partial charge in [-0.15, -0.1) is 0 Å². The number of hydrazone groups is 1. The molecule has 0 aromatic heterocycles. The maximum absolute atomic E-state index is 13.2. The highest BCUT2D eigenvalue weighted by Crippen LogP contribution is 2.23. The minimum Gasteiger partial charge on any atom is -0.375 e. The van der Waals surface area contributed by atoms with Crippen LogP contribution in [0, 0.1) is 5.82 Å². The molecule has 0 saturated heterocycles. The molecule has 0 heterocycles. The van der Waals surface area contributed by atoms with Crippen molar-refractivity contribution in [2.45, 2.75) is 0 Å². The third-order valence-electron chi connectivity index (χ3n) is 2.59. The van der Waals surface area contributed by atoms with E-state index < -0.39 is 5.82 Å². The fourth-order valence-electron chi connectivity index (χ4n) is 1.57. The van der Waals surface area contributed by atoms with Crippen molar-refractivity contribution in [1.82, 2.24) is 5.43 Å². The lowest BCUT2D eigenvalue weighted by molar-refractivity contribution is -0.119. The normalized spacial score (nSPS) is 10.6. The van der Waals surface area contributed by atoms with Gasteiger partial charge < -0.3 is 5.32 Å². The van der Waals surface area contributed by atoms with Crippen molar-refractivity contribution >= 4 is 29.4 Å². The number of rotatable bonds is 5. The van der Waals surface area contributed by atoms with E-state index in [0.717, 1.165) is 5.56 Å². The largest absolute Gasteiger partial charge is 0.375 e. The summed E-state index contributed by atoms with van der Waals surface area (Å²) in [7, 11) is 0. The highest BCUT2D eigenvalue weighted by atomic mass is 35.5. The first kappa shape index (κ1) is 15.0. The smallest absolute Gasteiger partial charge is 0.259 e. The van der Waals surface area contributed by atoms with E-state index in [4.69, 9.17) is 11.6 Å². The summed E-state index contributed by atoms with van der Waals surface area (Å²) in [6, 6.07) is 13.7. The maximum atomic E-state index is 13.2. The molecule has 0 aliphatic carbocycles. The summed E-state index contributed by atoms with van der Waals surface area (Å²) >= 11 is 5.76. The van der Waals surface area contributed by atoms with E-state index >= 15 is 0 Å². The monoisotopic (exact) mass is 305 g/mol. The Morgan fingerprint density at radius 3 is 2.71 bits per heavy atom. The summed E-state index contributed by atoms with van der Waals surface area (Å²) in [5, 5.41) is 6.52. The average Bonchev–Trinajstić information content (AvgIpc) is 2.50. The third kappa shape index (κ3) is 4.57. The molecule has 0 radical (unpaired) electrons. The van der Waals surface area contributed by atoms with Crippen LogP contribution in [0.3, 0.4) is 0 Å². The minimum atomic E-state index is -0.538. The number of nitrogens with zero attached hydrogens (tertiary/aromatic N) is 1. The van der Waals surface area contributed by atoms with E-state index in [1.165, 1.54) is 18.3 Å². The van der Waals surface area contributed by atoms with Crippen molar-refractivity contribution in [3.05, 3.63) is 64.9 Å². The number of amides is 1. The standard InChI is InChI=1S/C15H13ClFN3O/c16-15-12(17)7-4-8-13(15)18-10-14(21)20-19-9-11-5-2-1-3-6-11/h1-9,18H,10H2,(H,20,21)/b19-9+. The quantitative estimate of drug-likeness (QED) is 0.659. The molecule has 1 amide bonds. The Morgan fingerprint density at radius 1 is 1.19 bits per heavy atom. The highest BCUT2D eigenvalue weighted by molar-refractivity contribution is 6.33.